The van der Waals surface area contributed by atoms with Crippen molar-refractivity contribution in [2.75, 3.05) is 19.6 Å². The van der Waals surface area contributed by atoms with Gasteiger partial charge in [0.1, 0.15) is 0 Å². The molecule has 1 atom stereocenters. The maximum Gasteiger partial charge on any atom is 0.254 e. The minimum atomic E-state index is -3.82. The van der Waals surface area contributed by atoms with Crippen LogP contribution < -0.4 is 10.5 Å². The van der Waals surface area contributed by atoms with E-state index in [0.717, 1.165) is 17.7 Å². The summed E-state index contributed by atoms with van der Waals surface area (Å²) in [6.45, 7) is 7.57. The van der Waals surface area contributed by atoms with E-state index in [2.05, 4.69) is 5.32 Å². The summed E-state index contributed by atoms with van der Waals surface area (Å²) in [7, 11) is -3.82. The van der Waals surface area contributed by atoms with Crippen molar-refractivity contribution in [1.82, 2.24) is 10.2 Å². The Hall–Kier alpha value is -1.44. The van der Waals surface area contributed by atoms with Gasteiger partial charge in [-0.3, -0.25) is 4.79 Å². The van der Waals surface area contributed by atoms with Crippen LogP contribution in [0.15, 0.2) is 17.0 Å². The fourth-order valence-electron chi connectivity index (χ4n) is 2.50. The number of hydrogen-bond donors (Lipinski definition) is 2. The lowest BCUT2D eigenvalue weighted by molar-refractivity contribution is 0.0708. The number of nitrogens with two attached hydrogens (primary N) is 1. The highest BCUT2D eigenvalue weighted by Gasteiger charge is 2.24. The standard InChI is InChI=1S/C14H21N3O3S/c1-9-6-12(21(15,19)20)7-13(11(9)3)14(18)17-5-4-16-10(2)8-17/h6-7,10,16H,4-5,8H2,1-3H3,(H2,15,19,20)/t10-/m1/s1. The summed E-state index contributed by atoms with van der Waals surface area (Å²) in [5.41, 5.74) is 1.94. The molecule has 0 spiro atoms. The summed E-state index contributed by atoms with van der Waals surface area (Å²) in [5.74, 6) is -0.144. The number of carbonyl (C=O) groups excluding carboxylic acids is 1. The number of primary sulfonamides is 1. The predicted molar refractivity (Wildman–Crippen MR) is 80.7 cm³/mol. The van der Waals surface area contributed by atoms with Crippen molar-refractivity contribution >= 4 is 15.9 Å². The smallest absolute Gasteiger partial charge is 0.254 e. The predicted octanol–water partition coefficient (Wildman–Crippen LogP) is 0.385. The molecule has 1 aromatic carbocycles. The molecule has 1 aliphatic rings. The first-order chi connectivity index (χ1) is 9.70. The molecule has 1 saturated heterocycles. The van der Waals surface area contributed by atoms with Gasteiger partial charge in [-0.1, -0.05) is 0 Å². The molecule has 1 aromatic rings. The topological polar surface area (TPSA) is 92.5 Å². The number of carbonyl (C=O) groups is 1. The summed E-state index contributed by atoms with van der Waals surface area (Å²) in [5, 5.41) is 8.45. The average Bonchev–Trinajstić information content (AvgIpc) is 2.39. The quantitative estimate of drug-likeness (QED) is 0.826. The van der Waals surface area contributed by atoms with Crippen molar-refractivity contribution in [2.24, 2.45) is 5.14 Å². The molecule has 2 rings (SSSR count). The van der Waals surface area contributed by atoms with E-state index in [1.807, 2.05) is 13.8 Å². The minimum Gasteiger partial charge on any atom is -0.336 e. The van der Waals surface area contributed by atoms with Crippen molar-refractivity contribution in [3.05, 3.63) is 28.8 Å². The largest absolute Gasteiger partial charge is 0.336 e. The van der Waals surface area contributed by atoms with Gasteiger partial charge >= 0.3 is 0 Å². The number of benzene rings is 1. The molecule has 21 heavy (non-hydrogen) atoms. The average molecular weight is 311 g/mol. The molecule has 6 nitrogen and oxygen atoms in total. The zero-order valence-corrected chi connectivity index (χ0v) is 13.3. The molecule has 0 saturated carbocycles. The Labute approximate surface area is 125 Å². The maximum absolute atomic E-state index is 12.7. The van der Waals surface area contributed by atoms with Gasteiger partial charge in [-0.15, -0.1) is 0 Å². The van der Waals surface area contributed by atoms with Crippen LogP contribution in [0.2, 0.25) is 0 Å². The van der Waals surface area contributed by atoms with Gasteiger partial charge in [0.2, 0.25) is 10.0 Å². The first kappa shape index (κ1) is 15.9. The number of amides is 1. The van der Waals surface area contributed by atoms with Crippen LogP contribution in [-0.4, -0.2) is 44.9 Å². The highest BCUT2D eigenvalue weighted by molar-refractivity contribution is 7.89. The Morgan fingerprint density at radius 3 is 2.62 bits per heavy atom. The number of rotatable bonds is 2. The summed E-state index contributed by atoms with van der Waals surface area (Å²) in [6.07, 6.45) is 0. The molecular formula is C14H21N3O3S. The van der Waals surface area contributed by atoms with Crippen molar-refractivity contribution < 1.29 is 13.2 Å². The number of piperazine rings is 1. The third-order valence-corrected chi connectivity index (χ3v) is 4.75. The molecule has 1 heterocycles. The maximum atomic E-state index is 12.7. The van der Waals surface area contributed by atoms with E-state index in [1.165, 1.54) is 12.1 Å². The van der Waals surface area contributed by atoms with Crippen LogP contribution in [0.25, 0.3) is 0 Å². The van der Waals surface area contributed by atoms with Gasteiger partial charge in [0.25, 0.3) is 5.91 Å². The van der Waals surface area contributed by atoms with E-state index >= 15 is 0 Å². The minimum absolute atomic E-state index is 0.0165. The van der Waals surface area contributed by atoms with E-state index in [4.69, 9.17) is 5.14 Å². The van der Waals surface area contributed by atoms with Gasteiger partial charge in [-0.05, 0) is 44.0 Å². The number of nitrogens with one attached hydrogen (secondary N) is 1. The summed E-state index contributed by atoms with van der Waals surface area (Å²) >= 11 is 0. The third kappa shape index (κ3) is 3.42. The molecule has 7 heteroatoms. The van der Waals surface area contributed by atoms with Crippen molar-refractivity contribution in [2.45, 2.75) is 31.7 Å². The van der Waals surface area contributed by atoms with Crippen LogP contribution >= 0.6 is 0 Å². The first-order valence-electron chi connectivity index (χ1n) is 6.87. The van der Waals surface area contributed by atoms with E-state index in [9.17, 15) is 13.2 Å². The molecular weight excluding hydrogens is 290 g/mol. The second kappa shape index (κ2) is 5.75. The molecule has 0 radical (unpaired) electrons. The molecule has 0 unspecified atom stereocenters. The van der Waals surface area contributed by atoms with Gasteiger partial charge in [0.15, 0.2) is 0 Å². The molecule has 1 aliphatic heterocycles. The monoisotopic (exact) mass is 311 g/mol. The van der Waals surface area contributed by atoms with Crippen LogP contribution in [0.1, 0.15) is 28.4 Å². The van der Waals surface area contributed by atoms with Crippen LogP contribution in [0.4, 0.5) is 0 Å². The summed E-state index contributed by atoms with van der Waals surface area (Å²) in [6, 6.07) is 3.11. The molecule has 116 valence electrons. The molecule has 1 amide bonds. The van der Waals surface area contributed by atoms with Crippen LogP contribution in [0.3, 0.4) is 0 Å². The fourth-order valence-corrected chi connectivity index (χ4v) is 3.12. The van der Waals surface area contributed by atoms with Gasteiger partial charge in [-0.25, -0.2) is 13.6 Å². The molecule has 0 aliphatic carbocycles. The highest BCUT2D eigenvalue weighted by atomic mass is 32.2. The van der Waals surface area contributed by atoms with Crippen LogP contribution in [0.5, 0.6) is 0 Å². The first-order valence-corrected chi connectivity index (χ1v) is 8.41. The molecule has 0 aromatic heterocycles. The second-order valence-corrected chi connectivity index (χ2v) is 7.13. The van der Waals surface area contributed by atoms with Crippen molar-refractivity contribution in [3.63, 3.8) is 0 Å². The van der Waals surface area contributed by atoms with Gasteiger partial charge in [-0.2, -0.15) is 0 Å². The van der Waals surface area contributed by atoms with Gasteiger partial charge in [0, 0.05) is 31.2 Å². The lowest BCUT2D eigenvalue weighted by atomic mass is 10.0. The number of hydrogen-bond acceptors (Lipinski definition) is 4. The van der Waals surface area contributed by atoms with Crippen molar-refractivity contribution in [1.29, 1.82) is 0 Å². The highest BCUT2D eigenvalue weighted by Crippen LogP contribution is 2.21. The van der Waals surface area contributed by atoms with Gasteiger partial charge < -0.3 is 10.2 Å². The van der Waals surface area contributed by atoms with Crippen LogP contribution in [-0.2, 0) is 10.0 Å². The Morgan fingerprint density at radius 2 is 2.05 bits per heavy atom. The van der Waals surface area contributed by atoms with Crippen LogP contribution in [0, 0.1) is 13.8 Å². The zero-order chi connectivity index (χ0) is 15.8. The molecule has 0 bridgehead atoms. The van der Waals surface area contributed by atoms with E-state index in [1.54, 1.807) is 11.8 Å². The second-order valence-electron chi connectivity index (χ2n) is 5.56. The zero-order valence-electron chi connectivity index (χ0n) is 12.5. The van der Waals surface area contributed by atoms with E-state index < -0.39 is 10.0 Å². The third-order valence-electron chi connectivity index (χ3n) is 3.86. The summed E-state index contributed by atoms with van der Waals surface area (Å²) in [4.78, 5) is 14.4. The Balaban J connectivity index is 2.43. The van der Waals surface area contributed by atoms with E-state index in [0.29, 0.717) is 18.7 Å². The van der Waals surface area contributed by atoms with Crippen molar-refractivity contribution in [3.8, 4) is 0 Å². The lowest BCUT2D eigenvalue weighted by Gasteiger charge is -2.32. The summed E-state index contributed by atoms with van der Waals surface area (Å²) < 4.78 is 23.1. The number of sulfonamides is 1. The van der Waals surface area contributed by atoms with E-state index in [-0.39, 0.29) is 16.8 Å². The lowest BCUT2D eigenvalue weighted by Crippen LogP contribution is -2.51. The Kier molecular flexibility index (Phi) is 4.36. The fraction of sp³-hybridized carbons (Fsp3) is 0.500. The Bertz CT molecular complexity index is 670. The Morgan fingerprint density at radius 1 is 1.38 bits per heavy atom. The number of nitrogens with zero attached hydrogens (tertiary/aromatic N) is 1. The molecule has 3 N–H and O–H groups in total. The normalized spacial score (nSPS) is 19.6. The SMILES string of the molecule is Cc1cc(S(N)(=O)=O)cc(C(=O)N2CCN[C@H](C)C2)c1C. The molecule has 1 fully saturated rings. The number of aryl methyl sites for hydroxylation is 1. The van der Waals surface area contributed by atoms with Gasteiger partial charge in [0.05, 0.1) is 4.90 Å².